The molecular weight excluding hydrogens is 170 g/mol. The Balaban J connectivity index is 2.63. The summed E-state index contributed by atoms with van der Waals surface area (Å²) in [5.41, 5.74) is 0. The lowest BCUT2D eigenvalue weighted by molar-refractivity contribution is -0.150. The number of hydrogen-bond donors (Lipinski definition) is 0. The largest absolute Gasteiger partial charge is 0.467 e. The second-order valence-corrected chi connectivity index (χ2v) is 3.12. The minimum absolute atomic E-state index is 0.0351. The maximum absolute atomic E-state index is 11.4. The van der Waals surface area contributed by atoms with Crippen molar-refractivity contribution in [2.24, 2.45) is 0 Å². The van der Waals surface area contributed by atoms with Crippen molar-refractivity contribution in [2.75, 3.05) is 13.7 Å². The van der Waals surface area contributed by atoms with Crippen molar-refractivity contribution < 1.29 is 14.3 Å². The molecule has 74 valence electrons. The first-order chi connectivity index (χ1) is 6.20. The topological polar surface area (TPSA) is 46.6 Å². The average Bonchev–Trinajstić information content (AvgIpc) is 2.63. The molecule has 4 heteroatoms. The molecule has 1 unspecified atom stereocenters. The monoisotopic (exact) mass is 185 g/mol. The van der Waals surface area contributed by atoms with Crippen LogP contribution in [0.15, 0.2) is 0 Å². The third kappa shape index (κ3) is 1.99. The first kappa shape index (κ1) is 10.0. The number of carbonyl (C=O) groups is 2. The fourth-order valence-electron chi connectivity index (χ4n) is 1.65. The second kappa shape index (κ2) is 4.25. The fraction of sp³-hybridized carbons (Fsp3) is 0.778. The maximum Gasteiger partial charge on any atom is 0.328 e. The van der Waals surface area contributed by atoms with Crippen LogP contribution in [0.1, 0.15) is 26.2 Å². The summed E-state index contributed by atoms with van der Waals surface area (Å²) in [4.78, 5) is 24.2. The lowest BCUT2D eigenvalue weighted by Gasteiger charge is -2.21. The van der Waals surface area contributed by atoms with Gasteiger partial charge in [0, 0.05) is 13.0 Å². The first-order valence-corrected chi connectivity index (χ1v) is 4.58. The van der Waals surface area contributed by atoms with Crippen molar-refractivity contribution >= 4 is 11.9 Å². The van der Waals surface area contributed by atoms with Crippen LogP contribution in [-0.2, 0) is 14.3 Å². The van der Waals surface area contributed by atoms with E-state index in [2.05, 4.69) is 4.74 Å². The molecule has 4 nitrogen and oxygen atoms in total. The van der Waals surface area contributed by atoms with Crippen LogP contribution in [0, 0.1) is 0 Å². The molecule has 0 spiro atoms. The number of methoxy groups -OCH3 is 1. The lowest BCUT2D eigenvalue weighted by Crippen LogP contribution is -2.40. The van der Waals surface area contributed by atoms with Crippen LogP contribution < -0.4 is 0 Å². The highest BCUT2D eigenvalue weighted by molar-refractivity contribution is 5.84. The van der Waals surface area contributed by atoms with Crippen molar-refractivity contribution in [3.05, 3.63) is 0 Å². The van der Waals surface area contributed by atoms with E-state index in [4.69, 9.17) is 0 Å². The smallest absolute Gasteiger partial charge is 0.328 e. The van der Waals surface area contributed by atoms with Crippen LogP contribution in [0.5, 0.6) is 0 Å². The van der Waals surface area contributed by atoms with Crippen LogP contribution in [0.3, 0.4) is 0 Å². The molecule has 0 aromatic carbocycles. The summed E-state index contributed by atoms with van der Waals surface area (Å²) in [5, 5.41) is 0. The molecule has 1 rings (SSSR count). The Morgan fingerprint density at radius 1 is 1.54 bits per heavy atom. The molecular formula is C9H15NO3. The van der Waals surface area contributed by atoms with E-state index in [1.807, 2.05) is 0 Å². The summed E-state index contributed by atoms with van der Waals surface area (Å²) >= 11 is 0. The molecule has 1 heterocycles. The first-order valence-electron chi connectivity index (χ1n) is 4.58. The third-order valence-electron chi connectivity index (χ3n) is 2.35. The van der Waals surface area contributed by atoms with E-state index in [0.717, 1.165) is 12.8 Å². The number of esters is 1. The van der Waals surface area contributed by atoms with Gasteiger partial charge in [-0.25, -0.2) is 4.79 Å². The van der Waals surface area contributed by atoms with Gasteiger partial charge in [-0.3, -0.25) is 4.79 Å². The number of hydrogen-bond acceptors (Lipinski definition) is 3. The predicted molar refractivity (Wildman–Crippen MR) is 47.0 cm³/mol. The highest BCUT2D eigenvalue weighted by Crippen LogP contribution is 2.18. The number of rotatable bonds is 2. The quantitative estimate of drug-likeness (QED) is 0.590. The second-order valence-electron chi connectivity index (χ2n) is 3.12. The molecule has 0 aromatic rings. The van der Waals surface area contributed by atoms with Crippen LogP contribution in [0.25, 0.3) is 0 Å². The zero-order valence-corrected chi connectivity index (χ0v) is 8.08. The molecule has 0 radical (unpaired) electrons. The summed E-state index contributed by atoms with van der Waals surface area (Å²) < 4.78 is 4.63. The van der Waals surface area contributed by atoms with Crippen molar-refractivity contribution in [3.63, 3.8) is 0 Å². The Labute approximate surface area is 77.8 Å². The van der Waals surface area contributed by atoms with E-state index in [0.29, 0.717) is 13.0 Å². The molecule has 0 N–H and O–H groups in total. The molecule has 1 fully saturated rings. The van der Waals surface area contributed by atoms with Crippen molar-refractivity contribution in [2.45, 2.75) is 32.2 Å². The van der Waals surface area contributed by atoms with E-state index in [-0.39, 0.29) is 17.9 Å². The van der Waals surface area contributed by atoms with Crippen molar-refractivity contribution in [1.82, 2.24) is 4.90 Å². The fourth-order valence-corrected chi connectivity index (χ4v) is 1.65. The van der Waals surface area contributed by atoms with Crippen LogP contribution in [0.2, 0.25) is 0 Å². The van der Waals surface area contributed by atoms with Gasteiger partial charge in [-0.2, -0.15) is 0 Å². The van der Waals surface area contributed by atoms with Gasteiger partial charge in [0.15, 0.2) is 0 Å². The molecule has 1 amide bonds. The Bertz CT molecular complexity index is 193. The van der Waals surface area contributed by atoms with Gasteiger partial charge in [-0.05, 0) is 12.8 Å². The number of carbonyl (C=O) groups excluding carboxylic acids is 2. The Morgan fingerprint density at radius 3 is 2.77 bits per heavy atom. The highest BCUT2D eigenvalue weighted by Gasteiger charge is 2.33. The van der Waals surface area contributed by atoms with Crippen LogP contribution in [-0.4, -0.2) is 36.5 Å². The van der Waals surface area contributed by atoms with Gasteiger partial charge in [0.1, 0.15) is 6.04 Å². The predicted octanol–water partition coefficient (Wildman–Crippen LogP) is 0.560. The Morgan fingerprint density at radius 2 is 2.23 bits per heavy atom. The highest BCUT2D eigenvalue weighted by atomic mass is 16.5. The molecule has 1 aliphatic heterocycles. The van der Waals surface area contributed by atoms with Crippen molar-refractivity contribution in [1.29, 1.82) is 0 Å². The third-order valence-corrected chi connectivity index (χ3v) is 2.35. The molecule has 0 aromatic heterocycles. The number of ether oxygens (including phenoxy) is 1. The normalized spacial score (nSPS) is 21.7. The maximum atomic E-state index is 11.4. The van der Waals surface area contributed by atoms with Gasteiger partial charge in [-0.15, -0.1) is 0 Å². The number of nitrogens with zero attached hydrogens (tertiary/aromatic N) is 1. The summed E-state index contributed by atoms with van der Waals surface area (Å²) in [6, 6.07) is -0.336. The van der Waals surface area contributed by atoms with Gasteiger partial charge < -0.3 is 9.64 Å². The van der Waals surface area contributed by atoms with Crippen LogP contribution >= 0.6 is 0 Å². The molecule has 1 atom stereocenters. The average molecular weight is 185 g/mol. The standard InChI is InChI=1S/C9H15NO3/c1-3-8(11)10-6-4-5-7(10)9(12)13-2/h7H,3-6H2,1-2H3. The molecule has 0 saturated carbocycles. The molecule has 1 aliphatic rings. The lowest BCUT2D eigenvalue weighted by atomic mass is 10.2. The molecule has 1 saturated heterocycles. The Hall–Kier alpha value is -1.06. The minimum Gasteiger partial charge on any atom is -0.467 e. The molecule has 0 aliphatic carbocycles. The van der Waals surface area contributed by atoms with E-state index >= 15 is 0 Å². The molecule has 0 bridgehead atoms. The minimum atomic E-state index is -0.336. The van der Waals surface area contributed by atoms with E-state index in [9.17, 15) is 9.59 Å². The van der Waals surface area contributed by atoms with Gasteiger partial charge in [0.05, 0.1) is 7.11 Å². The summed E-state index contributed by atoms with van der Waals surface area (Å²) in [5.74, 6) is -0.257. The van der Waals surface area contributed by atoms with Gasteiger partial charge in [0.25, 0.3) is 0 Å². The van der Waals surface area contributed by atoms with Gasteiger partial charge in [0.2, 0.25) is 5.91 Å². The Kier molecular flexibility index (Phi) is 3.28. The zero-order chi connectivity index (χ0) is 9.84. The number of likely N-dealkylation sites (tertiary alicyclic amines) is 1. The summed E-state index contributed by atoms with van der Waals surface area (Å²) in [7, 11) is 1.36. The SMILES string of the molecule is CCC(=O)N1CCCC1C(=O)OC. The summed E-state index contributed by atoms with van der Waals surface area (Å²) in [6.45, 7) is 2.49. The van der Waals surface area contributed by atoms with E-state index in [1.54, 1.807) is 11.8 Å². The van der Waals surface area contributed by atoms with E-state index in [1.165, 1.54) is 7.11 Å². The van der Waals surface area contributed by atoms with E-state index < -0.39 is 0 Å². The van der Waals surface area contributed by atoms with Crippen molar-refractivity contribution in [3.8, 4) is 0 Å². The molecule has 13 heavy (non-hydrogen) atoms. The van der Waals surface area contributed by atoms with Gasteiger partial charge in [-0.1, -0.05) is 6.92 Å². The van der Waals surface area contributed by atoms with Gasteiger partial charge >= 0.3 is 5.97 Å². The summed E-state index contributed by atoms with van der Waals surface area (Å²) in [6.07, 6.45) is 2.08. The number of amides is 1. The van der Waals surface area contributed by atoms with Crippen LogP contribution in [0.4, 0.5) is 0 Å². The zero-order valence-electron chi connectivity index (χ0n) is 8.08.